The highest BCUT2D eigenvalue weighted by molar-refractivity contribution is 7.92. The Morgan fingerprint density at radius 2 is 1.97 bits per heavy atom. The van der Waals surface area contributed by atoms with Gasteiger partial charge in [-0.25, -0.2) is 8.42 Å². The van der Waals surface area contributed by atoms with Gasteiger partial charge in [0.05, 0.1) is 30.8 Å². The number of amides is 1. The van der Waals surface area contributed by atoms with Crippen LogP contribution < -0.4 is 9.04 Å². The Morgan fingerprint density at radius 3 is 2.62 bits per heavy atom. The van der Waals surface area contributed by atoms with Crippen molar-refractivity contribution in [3.05, 3.63) is 48.3 Å². The highest BCUT2D eigenvalue weighted by Gasteiger charge is 2.31. The van der Waals surface area contributed by atoms with Crippen LogP contribution in [0.1, 0.15) is 36.5 Å². The van der Waals surface area contributed by atoms with E-state index >= 15 is 0 Å². The number of rotatable bonds is 9. The van der Waals surface area contributed by atoms with Gasteiger partial charge in [-0.15, -0.1) is 0 Å². The van der Waals surface area contributed by atoms with Crippen molar-refractivity contribution >= 4 is 21.6 Å². The zero-order valence-corrected chi connectivity index (χ0v) is 17.9. The van der Waals surface area contributed by atoms with Crippen molar-refractivity contribution in [3.8, 4) is 5.75 Å². The number of carbonyl (C=O) groups is 1. The molecule has 2 aromatic rings. The van der Waals surface area contributed by atoms with Crippen LogP contribution >= 0.6 is 0 Å². The fourth-order valence-electron chi connectivity index (χ4n) is 3.17. The lowest BCUT2D eigenvalue weighted by molar-refractivity contribution is 0.0744. The Hall–Kier alpha value is -2.61. The van der Waals surface area contributed by atoms with E-state index < -0.39 is 10.0 Å². The number of benzene rings is 1. The number of carbonyl (C=O) groups excluding carboxylic acids is 1. The summed E-state index contributed by atoms with van der Waals surface area (Å²) in [6, 6.07) is 7.98. The zero-order chi connectivity index (χ0) is 21.0. The Bertz CT molecular complexity index is 973. The topological polar surface area (TPSA) is 79.8 Å². The van der Waals surface area contributed by atoms with E-state index in [2.05, 4.69) is 4.98 Å². The number of pyridine rings is 1. The molecule has 1 saturated carbocycles. The van der Waals surface area contributed by atoms with Crippen molar-refractivity contribution < 1.29 is 17.9 Å². The maximum Gasteiger partial charge on any atom is 0.264 e. The molecule has 0 N–H and O–H groups in total. The molecular weight excluding hydrogens is 390 g/mol. The molecule has 0 spiro atoms. The largest absolute Gasteiger partial charge is 0.495 e. The molecule has 3 rings (SSSR count). The first kappa shape index (κ1) is 21.1. The molecule has 1 heterocycles. The minimum atomic E-state index is -3.96. The molecule has 1 aliphatic rings. The Balaban J connectivity index is 1.96. The molecular formula is C21H27N3O4S. The van der Waals surface area contributed by atoms with Gasteiger partial charge in [0.15, 0.2) is 0 Å². The Kier molecular flexibility index (Phi) is 6.42. The van der Waals surface area contributed by atoms with Crippen LogP contribution in [0.2, 0.25) is 0 Å². The monoisotopic (exact) mass is 417 g/mol. The van der Waals surface area contributed by atoms with E-state index in [0.717, 1.165) is 23.6 Å². The molecule has 1 aromatic carbocycles. The molecule has 29 heavy (non-hydrogen) atoms. The molecule has 1 aromatic heterocycles. The number of sulfonamides is 1. The summed E-state index contributed by atoms with van der Waals surface area (Å²) in [4.78, 5) is 19.0. The minimum Gasteiger partial charge on any atom is -0.495 e. The van der Waals surface area contributed by atoms with Gasteiger partial charge >= 0.3 is 0 Å². The van der Waals surface area contributed by atoms with Crippen LogP contribution in [-0.4, -0.2) is 51.5 Å². The first-order chi connectivity index (χ1) is 13.9. The fraction of sp³-hybridized carbons (Fsp3) is 0.429. The van der Waals surface area contributed by atoms with Crippen LogP contribution in [-0.2, 0) is 10.0 Å². The van der Waals surface area contributed by atoms with Gasteiger partial charge in [-0.3, -0.25) is 14.1 Å². The lowest BCUT2D eigenvalue weighted by atomic mass is 10.2. The van der Waals surface area contributed by atoms with Gasteiger partial charge in [-0.05, 0) is 37.3 Å². The first-order valence-corrected chi connectivity index (χ1v) is 11.2. The summed E-state index contributed by atoms with van der Waals surface area (Å²) in [5.74, 6) is 0.738. The summed E-state index contributed by atoms with van der Waals surface area (Å²) in [7, 11) is -1.03. The molecule has 0 bridgehead atoms. The van der Waals surface area contributed by atoms with Crippen molar-refractivity contribution in [1.82, 2.24) is 9.88 Å². The maximum atomic E-state index is 13.4. The number of ether oxygens (including phenoxy) is 1. The third kappa shape index (κ3) is 4.70. The fourth-order valence-corrected chi connectivity index (χ4v) is 4.53. The molecule has 0 saturated heterocycles. The standard InChI is InChI=1S/C21H27N3O4S/c1-4-11-24(15-16-9-10-16)21(25)19-7-5-6-8-20(19)29(26,27)23(2)17-12-18(28-3)14-22-13-17/h5-8,12-14,16H,4,9-11,15H2,1-3H3. The average Bonchev–Trinajstić information content (AvgIpc) is 3.56. The predicted octanol–water partition coefficient (Wildman–Crippen LogP) is 3.18. The molecule has 0 radical (unpaired) electrons. The first-order valence-electron chi connectivity index (χ1n) is 9.74. The zero-order valence-electron chi connectivity index (χ0n) is 17.0. The van der Waals surface area contributed by atoms with Gasteiger partial charge in [-0.2, -0.15) is 0 Å². The SMILES string of the molecule is CCCN(CC1CC1)C(=O)c1ccccc1S(=O)(=O)N(C)c1cncc(OC)c1. The number of hydrogen-bond donors (Lipinski definition) is 0. The lowest BCUT2D eigenvalue weighted by Gasteiger charge is -2.25. The highest BCUT2D eigenvalue weighted by Crippen LogP contribution is 2.31. The Labute approximate surface area is 172 Å². The molecule has 0 aliphatic heterocycles. The van der Waals surface area contributed by atoms with E-state index in [-0.39, 0.29) is 16.4 Å². The molecule has 7 nitrogen and oxygen atoms in total. The molecule has 8 heteroatoms. The van der Waals surface area contributed by atoms with E-state index in [0.29, 0.717) is 30.4 Å². The maximum absolute atomic E-state index is 13.4. The second kappa shape index (κ2) is 8.82. The quantitative estimate of drug-likeness (QED) is 0.626. The van der Waals surface area contributed by atoms with Crippen LogP contribution in [0.25, 0.3) is 0 Å². The summed E-state index contributed by atoms with van der Waals surface area (Å²) in [6.45, 7) is 3.30. The van der Waals surface area contributed by atoms with Crippen LogP contribution in [0.4, 0.5) is 5.69 Å². The van der Waals surface area contributed by atoms with Crippen LogP contribution in [0, 0.1) is 5.92 Å². The normalized spacial score (nSPS) is 13.8. The van der Waals surface area contributed by atoms with E-state index in [1.165, 1.54) is 32.6 Å². The van der Waals surface area contributed by atoms with Gasteiger partial charge in [0.1, 0.15) is 10.6 Å². The van der Waals surface area contributed by atoms with Gasteiger partial charge < -0.3 is 9.64 Å². The molecule has 0 atom stereocenters. The number of anilines is 1. The van der Waals surface area contributed by atoms with Gasteiger partial charge in [0.25, 0.3) is 15.9 Å². The summed E-state index contributed by atoms with van der Waals surface area (Å²) < 4.78 is 33.0. The van der Waals surface area contributed by atoms with E-state index in [1.807, 2.05) is 6.92 Å². The van der Waals surface area contributed by atoms with Crippen molar-refractivity contribution in [1.29, 1.82) is 0 Å². The third-order valence-electron chi connectivity index (χ3n) is 5.01. The van der Waals surface area contributed by atoms with Crippen LogP contribution in [0.15, 0.2) is 47.6 Å². The van der Waals surface area contributed by atoms with Crippen LogP contribution in [0.3, 0.4) is 0 Å². The Morgan fingerprint density at radius 1 is 1.24 bits per heavy atom. The summed E-state index contributed by atoms with van der Waals surface area (Å²) >= 11 is 0. The van der Waals surface area contributed by atoms with E-state index in [9.17, 15) is 13.2 Å². The summed E-state index contributed by atoms with van der Waals surface area (Å²) in [5, 5.41) is 0. The molecule has 0 unspecified atom stereocenters. The highest BCUT2D eigenvalue weighted by atomic mass is 32.2. The van der Waals surface area contributed by atoms with Gasteiger partial charge in [0, 0.05) is 26.2 Å². The van der Waals surface area contributed by atoms with Crippen LogP contribution in [0.5, 0.6) is 5.75 Å². The average molecular weight is 418 g/mol. The van der Waals surface area contributed by atoms with Crippen molar-refractivity contribution in [3.63, 3.8) is 0 Å². The summed E-state index contributed by atoms with van der Waals surface area (Å²) in [5.41, 5.74) is 0.555. The molecule has 1 amide bonds. The van der Waals surface area contributed by atoms with Gasteiger partial charge in [-0.1, -0.05) is 19.1 Å². The third-order valence-corrected chi connectivity index (χ3v) is 6.85. The molecule has 1 aliphatic carbocycles. The number of hydrogen-bond acceptors (Lipinski definition) is 5. The van der Waals surface area contributed by atoms with Crippen molar-refractivity contribution in [2.24, 2.45) is 5.92 Å². The molecule has 1 fully saturated rings. The summed E-state index contributed by atoms with van der Waals surface area (Å²) in [6.07, 6.45) is 6.02. The minimum absolute atomic E-state index is 0.00720. The number of methoxy groups -OCH3 is 1. The number of nitrogens with zero attached hydrogens (tertiary/aromatic N) is 3. The molecule has 156 valence electrons. The van der Waals surface area contributed by atoms with E-state index in [4.69, 9.17) is 4.74 Å². The lowest BCUT2D eigenvalue weighted by Crippen LogP contribution is -2.36. The predicted molar refractivity (Wildman–Crippen MR) is 112 cm³/mol. The van der Waals surface area contributed by atoms with E-state index in [1.54, 1.807) is 29.2 Å². The second-order valence-electron chi connectivity index (χ2n) is 7.25. The van der Waals surface area contributed by atoms with Crippen molar-refractivity contribution in [2.45, 2.75) is 31.1 Å². The van der Waals surface area contributed by atoms with Gasteiger partial charge in [0.2, 0.25) is 0 Å². The smallest absolute Gasteiger partial charge is 0.264 e. The second-order valence-corrected chi connectivity index (χ2v) is 9.18. The van der Waals surface area contributed by atoms with Crippen molar-refractivity contribution in [2.75, 3.05) is 31.6 Å². The number of aromatic nitrogens is 1.